The van der Waals surface area contributed by atoms with Gasteiger partial charge in [-0.05, 0) is 42.5 Å². The second-order valence-electron chi connectivity index (χ2n) is 4.41. The summed E-state index contributed by atoms with van der Waals surface area (Å²) in [5, 5.41) is 6.89. The third-order valence-corrected chi connectivity index (χ3v) is 3.73. The molecule has 0 aliphatic carbocycles. The maximum absolute atomic E-state index is 10.9. The van der Waals surface area contributed by atoms with Crippen molar-refractivity contribution >= 4 is 29.2 Å². The summed E-state index contributed by atoms with van der Waals surface area (Å²) < 4.78 is 1.86. The molecule has 6 heteroatoms. The highest BCUT2D eigenvalue weighted by Gasteiger charge is 1.98. The van der Waals surface area contributed by atoms with E-state index >= 15 is 0 Å². The molecule has 0 unspecified atom stereocenters. The maximum Gasteiger partial charge on any atom is 0.221 e. The number of carbonyl (C=O) groups excluding carboxylic acids is 1. The number of amides is 1. The van der Waals surface area contributed by atoms with E-state index in [-0.39, 0.29) is 5.91 Å². The summed E-state index contributed by atoms with van der Waals surface area (Å²) in [6, 6.07) is 9.66. The first-order chi connectivity index (χ1) is 9.63. The van der Waals surface area contributed by atoms with Crippen LogP contribution in [0, 0.1) is 0 Å². The molecule has 0 aliphatic rings. The summed E-state index contributed by atoms with van der Waals surface area (Å²) in [7, 11) is 0. The standard InChI is InChI=1S/C14H18N4OS/c1-11(19)16-12-3-5-13(6-4-12)20-10-2-8-18-9-7-14(15)17-18/h3-7,9H,2,8,10H2,1H3,(H2,15,17)(H,16,19). The molecule has 3 N–H and O–H groups in total. The molecule has 1 aromatic heterocycles. The number of nitrogen functional groups attached to an aromatic ring is 1. The quantitative estimate of drug-likeness (QED) is 0.633. The Morgan fingerprint density at radius 3 is 2.70 bits per heavy atom. The fourth-order valence-corrected chi connectivity index (χ4v) is 2.59. The number of anilines is 2. The van der Waals surface area contributed by atoms with Crippen LogP contribution in [0.15, 0.2) is 41.4 Å². The highest BCUT2D eigenvalue weighted by molar-refractivity contribution is 7.99. The Labute approximate surface area is 122 Å². The smallest absolute Gasteiger partial charge is 0.221 e. The first kappa shape index (κ1) is 14.5. The first-order valence-electron chi connectivity index (χ1n) is 6.43. The van der Waals surface area contributed by atoms with Crippen LogP contribution in [-0.2, 0) is 11.3 Å². The summed E-state index contributed by atoms with van der Waals surface area (Å²) >= 11 is 1.79. The zero-order chi connectivity index (χ0) is 14.4. The molecule has 0 saturated carbocycles. The van der Waals surface area contributed by atoms with E-state index in [1.165, 1.54) is 11.8 Å². The van der Waals surface area contributed by atoms with Gasteiger partial charge in [-0.15, -0.1) is 11.8 Å². The van der Waals surface area contributed by atoms with Gasteiger partial charge in [0.25, 0.3) is 0 Å². The molecule has 0 saturated heterocycles. The molecule has 1 aromatic carbocycles. The molecule has 0 radical (unpaired) electrons. The van der Waals surface area contributed by atoms with Crippen LogP contribution >= 0.6 is 11.8 Å². The summed E-state index contributed by atoms with van der Waals surface area (Å²) in [6.07, 6.45) is 2.92. The van der Waals surface area contributed by atoms with Crippen molar-refractivity contribution in [1.82, 2.24) is 9.78 Å². The van der Waals surface area contributed by atoms with Gasteiger partial charge < -0.3 is 11.1 Å². The van der Waals surface area contributed by atoms with Crippen molar-refractivity contribution in [1.29, 1.82) is 0 Å². The SMILES string of the molecule is CC(=O)Nc1ccc(SCCCn2ccc(N)n2)cc1. The average Bonchev–Trinajstić information content (AvgIpc) is 2.82. The lowest BCUT2D eigenvalue weighted by atomic mass is 10.3. The molecular weight excluding hydrogens is 272 g/mol. The van der Waals surface area contributed by atoms with E-state index in [4.69, 9.17) is 5.73 Å². The average molecular weight is 290 g/mol. The lowest BCUT2D eigenvalue weighted by molar-refractivity contribution is -0.114. The number of carbonyl (C=O) groups is 1. The van der Waals surface area contributed by atoms with Crippen LogP contribution in [0.5, 0.6) is 0 Å². The monoisotopic (exact) mass is 290 g/mol. The maximum atomic E-state index is 10.9. The number of hydrogen-bond acceptors (Lipinski definition) is 4. The third kappa shape index (κ3) is 4.62. The summed E-state index contributed by atoms with van der Waals surface area (Å²) in [5.41, 5.74) is 6.38. The zero-order valence-electron chi connectivity index (χ0n) is 11.4. The van der Waals surface area contributed by atoms with Crippen LogP contribution in [0.3, 0.4) is 0 Å². The lowest BCUT2D eigenvalue weighted by Gasteiger charge is -2.05. The Balaban J connectivity index is 1.72. The number of rotatable bonds is 6. The minimum absolute atomic E-state index is 0.0519. The molecule has 1 amide bonds. The van der Waals surface area contributed by atoms with E-state index in [2.05, 4.69) is 10.4 Å². The molecule has 5 nitrogen and oxygen atoms in total. The van der Waals surface area contributed by atoms with Gasteiger partial charge in [0.1, 0.15) is 5.82 Å². The predicted octanol–water partition coefficient (Wildman–Crippen LogP) is 2.61. The van der Waals surface area contributed by atoms with Crippen molar-refractivity contribution in [2.24, 2.45) is 0 Å². The van der Waals surface area contributed by atoms with Crippen LogP contribution in [0.25, 0.3) is 0 Å². The number of thioether (sulfide) groups is 1. The van der Waals surface area contributed by atoms with Gasteiger partial charge in [0.15, 0.2) is 0 Å². The van der Waals surface area contributed by atoms with Gasteiger partial charge in [-0.2, -0.15) is 5.10 Å². The van der Waals surface area contributed by atoms with Crippen LogP contribution < -0.4 is 11.1 Å². The minimum Gasteiger partial charge on any atom is -0.382 e. The number of benzene rings is 1. The predicted molar refractivity (Wildman–Crippen MR) is 82.7 cm³/mol. The van der Waals surface area contributed by atoms with Crippen molar-refractivity contribution in [3.63, 3.8) is 0 Å². The van der Waals surface area contributed by atoms with Crippen LogP contribution in [0.1, 0.15) is 13.3 Å². The number of nitrogens with one attached hydrogen (secondary N) is 1. The molecule has 20 heavy (non-hydrogen) atoms. The Morgan fingerprint density at radius 2 is 2.10 bits per heavy atom. The number of aromatic nitrogens is 2. The fraction of sp³-hybridized carbons (Fsp3) is 0.286. The van der Waals surface area contributed by atoms with E-state index < -0.39 is 0 Å². The Kier molecular flexibility index (Phi) is 5.06. The van der Waals surface area contributed by atoms with E-state index in [0.29, 0.717) is 5.82 Å². The zero-order valence-corrected chi connectivity index (χ0v) is 12.2. The van der Waals surface area contributed by atoms with Gasteiger partial charge in [-0.25, -0.2) is 0 Å². The fourth-order valence-electron chi connectivity index (χ4n) is 1.76. The number of nitrogens with zero attached hydrogens (tertiary/aromatic N) is 2. The number of aryl methyl sites for hydroxylation is 1. The molecule has 106 valence electrons. The third-order valence-electron chi connectivity index (χ3n) is 2.64. The van der Waals surface area contributed by atoms with Crippen molar-refractivity contribution < 1.29 is 4.79 Å². The highest BCUT2D eigenvalue weighted by atomic mass is 32.2. The minimum atomic E-state index is -0.0519. The van der Waals surface area contributed by atoms with E-state index in [1.807, 2.05) is 35.1 Å². The van der Waals surface area contributed by atoms with Crippen molar-refractivity contribution in [3.8, 4) is 0 Å². The lowest BCUT2D eigenvalue weighted by Crippen LogP contribution is -2.05. The molecule has 0 bridgehead atoms. The molecule has 0 atom stereocenters. The molecule has 1 heterocycles. The van der Waals surface area contributed by atoms with Crippen LogP contribution in [-0.4, -0.2) is 21.4 Å². The van der Waals surface area contributed by atoms with Gasteiger partial charge in [-0.3, -0.25) is 9.48 Å². The first-order valence-corrected chi connectivity index (χ1v) is 7.41. The largest absolute Gasteiger partial charge is 0.382 e. The van der Waals surface area contributed by atoms with Crippen molar-refractivity contribution in [3.05, 3.63) is 36.5 Å². The molecular formula is C14H18N4OS. The van der Waals surface area contributed by atoms with E-state index in [9.17, 15) is 4.79 Å². The molecule has 2 aromatic rings. The van der Waals surface area contributed by atoms with Gasteiger partial charge >= 0.3 is 0 Å². The normalized spacial score (nSPS) is 10.4. The highest BCUT2D eigenvalue weighted by Crippen LogP contribution is 2.21. The van der Waals surface area contributed by atoms with Gasteiger partial charge in [0.05, 0.1) is 0 Å². The van der Waals surface area contributed by atoms with E-state index in [1.54, 1.807) is 17.8 Å². The van der Waals surface area contributed by atoms with Gasteiger partial charge in [0.2, 0.25) is 5.91 Å². The van der Waals surface area contributed by atoms with Gasteiger partial charge in [0, 0.05) is 30.2 Å². The molecule has 0 spiro atoms. The van der Waals surface area contributed by atoms with Gasteiger partial charge in [-0.1, -0.05) is 0 Å². The summed E-state index contributed by atoms with van der Waals surface area (Å²) in [4.78, 5) is 12.1. The second kappa shape index (κ2) is 7.00. The number of nitrogens with two attached hydrogens (primary N) is 1. The molecule has 0 fully saturated rings. The Hall–Kier alpha value is -1.95. The Bertz CT molecular complexity index is 565. The number of hydrogen-bond donors (Lipinski definition) is 2. The van der Waals surface area contributed by atoms with E-state index in [0.717, 1.165) is 24.4 Å². The Morgan fingerprint density at radius 1 is 1.35 bits per heavy atom. The van der Waals surface area contributed by atoms with Crippen LogP contribution in [0.4, 0.5) is 11.5 Å². The topological polar surface area (TPSA) is 72.9 Å². The summed E-state index contributed by atoms with van der Waals surface area (Å²) in [5.74, 6) is 1.52. The van der Waals surface area contributed by atoms with Crippen molar-refractivity contribution in [2.75, 3.05) is 16.8 Å². The van der Waals surface area contributed by atoms with Crippen LogP contribution in [0.2, 0.25) is 0 Å². The second-order valence-corrected chi connectivity index (χ2v) is 5.58. The molecule has 0 aliphatic heterocycles. The summed E-state index contributed by atoms with van der Waals surface area (Å²) in [6.45, 7) is 2.37. The molecule has 2 rings (SSSR count). The van der Waals surface area contributed by atoms with Crippen molar-refractivity contribution in [2.45, 2.75) is 24.8 Å².